The quantitative estimate of drug-likeness (QED) is 0.246. The summed E-state index contributed by atoms with van der Waals surface area (Å²) in [6.45, 7) is 0. The molecule has 1 rings (SSSR count). The molecule has 34 valence electrons. The maximum atomic E-state index is 9.76. The molecule has 0 aliphatic carbocycles. The molecule has 6 heavy (non-hydrogen) atoms. The van der Waals surface area contributed by atoms with Gasteiger partial charge in [-0.2, -0.15) is 0 Å². The Labute approximate surface area is 33.3 Å². The number of hydrogen-bond donors (Lipinski definition) is 3. The van der Waals surface area contributed by atoms with Crippen LogP contribution in [0.2, 0.25) is 0 Å². The lowest BCUT2D eigenvalue weighted by Crippen LogP contribution is -2.34. The highest BCUT2D eigenvalue weighted by atomic mass is 16.6. The van der Waals surface area contributed by atoms with Crippen molar-refractivity contribution in [1.29, 1.82) is 0 Å². The van der Waals surface area contributed by atoms with Crippen molar-refractivity contribution >= 4 is 0 Å². The van der Waals surface area contributed by atoms with E-state index in [9.17, 15) is 5.21 Å². The van der Waals surface area contributed by atoms with Gasteiger partial charge in [0.2, 0.25) is 0 Å². The molecule has 0 atom stereocenters. The van der Waals surface area contributed by atoms with E-state index in [1.165, 1.54) is 0 Å². The molecule has 0 aromatic carbocycles. The maximum absolute atomic E-state index is 9.76. The van der Waals surface area contributed by atoms with Crippen LogP contribution in [0.15, 0.2) is 5.22 Å². The van der Waals surface area contributed by atoms with Gasteiger partial charge in [0.25, 0.3) is 0 Å². The summed E-state index contributed by atoms with van der Waals surface area (Å²) in [5.41, 5.74) is 6.44. The van der Waals surface area contributed by atoms with Crippen molar-refractivity contribution in [2.24, 2.45) is 5.22 Å². The summed E-state index contributed by atoms with van der Waals surface area (Å²) < 4.78 is 0. The van der Waals surface area contributed by atoms with Crippen LogP contribution in [0.3, 0.4) is 0 Å². The van der Waals surface area contributed by atoms with Crippen molar-refractivity contribution in [3.8, 4) is 0 Å². The fourth-order valence-electron chi connectivity index (χ4n) is 0.168. The van der Waals surface area contributed by atoms with Gasteiger partial charge >= 0.3 is 0 Å². The van der Waals surface area contributed by atoms with Gasteiger partial charge in [0.05, 0.1) is 0 Å². The first-order chi connectivity index (χ1) is 2.89. The Hall–Kier alpha value is -1.04. The summed E-state index contributed by atoms with van der Waals surface area (Å²) in [4.78, 5) is 0.264. The SMILES string of the molecule is [O-][N+]1=NNNN1. The highest BCUT2D eigenvalue weighted by Gasteiger charge is 1.94. The van der Waals surface area contributed by atoms with Gasteiger partial charge in [0, 0.05) is 0 Å². The Bertz CT molecular complexity index is 74.0. The lowest BCUT2D eigenvalue weighted by atomic mass is 12.3. The number of nitrogens with one attached hydrogen (secondary N) is 3. The number of rotatable bonds is 0. The summed E-state index contributed by atoms with van der Waals surface area (Å²) >= 11 is 0. The molecule has 0 aromatic heterocycles. The predicted octanol–water partition coefficient (Wildman–Crippen LogP) is -1.61. The number of nitrogens with zero attached hydrogens (tertiary/aromatic N) is 2. The Morgan fingerprint density at radius 3 is 2.67 bits per heavy atom. The van der Waals surface area contributed by atoms with Crippen LogP contribution in [-0.2, 0) is 0 Å². The number of hydrogen-bond acceptors (Lipinski definition) is 5. The van der Waals surface area contributed by atoms with E-state index in [0.717, 1.165) is 0 Å². The minimum absolute atomic E-state index is 0.264. The molecule has 0 spiro atoms. The van der Waals surface area contributed by atoms with Crippen LogP contribution in [0.25, 0.3) is 0 Å². The maximum Gasteiger partial charge on any atom is 0.131 e. The average Bonchev–Trinajstić information content (AvgIpc) is 1.86. The molecule has 6 heteroatoms. The van der Waals surface area contributed by atoms with Gasteiger partial charge in [-0.25, -0.2) is 0 Å². The van der Waals surface area contributed by atoms with E-state index in [1.54, 1.807) is 0 Å². The summed E-state index contributed by atoms with van der Waals surface area (Å²) in [7, 11) is 0. The predicted molar refractivity (Wildman–Crippen MR) is 15.5 cm³/mol. The zero-order valence-corrected chi connectivity index (χ0v) is 2.80. The minimum atomic E-state index is 0.264. The van der Waals surface area contributed by atoms with Crippen LogP contribution < -0.4 is 16.6 Å². The number of hydrazine groups is 3. The Morgan fingerprint density at radius 2 is 2.50 bits per heavy atom. The first kappa shape index (κ1) is 3.16. The van der Waals surface area contributed by atoms with Gasteiger partial charge in [0.1, 0.15) is 5.22 Å². The van der Waals surface area contributed by atoms with Crippen LogP contribution in [0.5, 0.6) is 0 Å². The van der Waals surface area contributed by atoms with E-state index in [4.69, 9.17) is 0 Å². The van der Waals surface area contributed by atoms with E-state index in [0.29, 0.717) is 0 Å². The van der Waals surface area contributed by atoms with Gasteiger partial charge in [-0.1, -0.05) is 5.53 Å². The van der Waals surface area contributed by atoms with E-state index < -0.39 is 0 Å². The van der Waals surface area contributed by atoms with Gasteiger partial charge < -0.3 is 5.21 Å². The van der Waals surface area contributed by atoms with Crippen LogP contribution in [0.1, 0.15) is 0 Å². The molecule has 1 aliphatic heterocycles. The highest BCUT2D eigenvalue weighted by molar-refractivity contribution is 4.06. The second kappa shape index (κ2) is 0.977. The minimum Gasteiger partial charge on any atom is -0.671 e. The van der Waals surface area contributed by atoms with Crippen molar-refractivity contribution in [2.75, 3.05) is 0 Å². The van der Waals surface area contributed by atoms with Crippen molar-refractivity contribution in [1.82, 2.24) is 16.6 Å². The molecule has 0 bridgehead atoms. The monoisotopic (exact) mass is 89.0 g/mol. The van der Waals surface area contributed by atoms with Crippen molar-refractivity contribution in [3.05, 3.63) is 5.21 Å². The van der Waals surface area contributed by atoms with Crippen LogP contribution >= 0.6 is 0 Å². The lowest BCUT2D eigenvalue weighted by Gasteiger charge is -1.90. The first-order valence-electron chi connectivity index (χ1n) is 1.33. The van der Waals surface area contributed by atoms with Crippen molar-refractivity contribution < 1.29 is 4.97 Å². The van der Waals surface area contributed by atoms with Crippen molar-refractivity contribution in [2.45, 2.75) is 0 Å². The molecule has 1 heterocycles. The highest BCUT2D eigenvalue weighted by Crippen LogP contribution is 1.63. The zero-order chi connectivity index (χ0) is 4.41. The Morgan fingerprint density at radius 1 is 1.67 bits per heavy atom. The van der Waals surface area contributed by atoms with E-state index in [2.05, 4.69) is 21.8 Å². The molecule has 0 saturated heterocycles. The smallest absolute Gasteiger partial charge is 0.131 e. The normalized spacial score (nSPS) is 18.3. The van der Waals surface area contributed by atoms with Gasteiger partial charge in [-0.05, 0) is 10.5 Å². The van der Waals surface area contributed by atoms with E-state index in [1.807, 2.05) is 0 Å². The standard InChI is InChI=1S/H3N5O/c6-5-3-1-2-4-5/h1-2H,(H,3,4). The first-order valence-corrected chi connectivity index (χ1v) is 1.33. The lowest BCUT2D eigenvalue weighted by molar-refractivity contribution is -0.580. The van der Waals surface area contributed by atoms with Crippen LogP contribution in [-0.4, -0.2) is 4.97 Å². The second-order valence-electron chi connectivity index (χ2n) is 0.722. The molecular weight excluding hydrogens is 86.0 g/mol. The Balaban J connectivity index is 2.45. The van der Waals surface area contributed by atoms with E-state index >= 15 is 0 Å². The van der Waals surface area contributed by atoms with E-state index in [-0.39, 0.29) is 4.97 Å². The molecule has 3 N–H and O–H groups in total. The Kier molecular flexibility index (Phi) is 0.515. The molecule has 6 nitrogen and oxygen atoms in total. The fraction of sp³-hybridized carbons (Fsp3) is 0. The topological polar surface area (TPSA) is 74.5 Å². The summed E-state index contributed by atoms with van der Waals surface area (Å²) in [5, 5.41) is 12.8. The van der Waals surface area contributed by atoms with Crippen LogP contribution in [0.4, 0.5) is 0 Å². The van der Waals surface area contributed by atoms with Crippen LogP contribution in [0, 0.1) is 5.21 Å². The molecular formula is H3N5O. The molecule has 0 unspecified atom stereocenters. The molecule has 0 saturated carbocycles. The third kappa shape index (κ3) is 0.320. The largest absolute Gasteiger partial charge is 0.671 e. The molecule has 0 radical (unpaired) electrons. The third-order valence-corrected chi connectivity index (χ3v) is 0.348. The van der Waals surface area contributed by atoms with Crippen molar-refractivity contribution in [3.63, 3.8) is 0 Å². The second-order valence-corrected chi connectivity index (χ2v) is 0.722. The molecule has 0 aromatic rings. The average molecular weight is 89.1 g/mol. The summed E-state index contributed by atoms with van der Waals surface area (Å²) in [5.74, 6) is 0. The zero-order valence-electron chi connectivity index (χ0n) is 2.80. The third-order valence-electron chi connectivity index (χ3n) is 0.348. The van der Waals surface area contributed by atoms with Gasteiger partial charge in [-0.3, -0.25) is 0 Å². The molecule has 0 fully saturated rings. The fourth-order valence-corrected chi connectivity index (χ4v) is 0.168. The summed E-state index contributed by atoms with van der Waals surface area (Å²) in [6, 6.07) is 0. The summed E-state index contributed by atoms with van der Waals surface area (Å²) in [6.07, 6.45) is 0. The van der Waals surface area contributed by atoms with Gasteiger partial charge in [-0.15, -0.1) is 5.53 Å². The molecule has 0 amide bonds. The van der Waals surface area contributed by atoms with Gasteiger partial charge in [0.15, 0.2) is 0 Å². The molecule has 1 aliphatic rings.